The summed E-state index contributed by atoms with van der Waals surface area (Å²) in [6, 6.07) is 6.85. The molecule has 1 fully saturated rings. The zero-order valence-electron chi connectivity index (χ0n) is 10.8. The molecule has 1 aliphatic rings. The molecule has 5 heteroatoms. The molecule has 0 radical (unpaired) electrons. The van der Waals surface area contributed by atoms with E-state index in [1.807, 2.05) is 12.1 Å². The van der Waals surface area contributed by atoms with Crippen molar-refractivity contribution in [3.8, 4) is 11.5 Å². The van der Waals surface area contributed by atoms with Crippen molar-refractivity contribution in [2.45, 2.75) is 32.2 Å². The minimum absolute atomic E-state index is 0.620. The molecule has 1 saturated carbocycles. The number of nitrogens with zero attached hydrogens (tertiary/aromatic N) is 2. The first kappa shape index (κ1) is 13.1. The van der Waals surface area contributed by atoms with Gasteiger partial charge >= 0.3 is 0 Å². The summed E-state index contributed by atoms with van der Waals surface area (Å²) in [7, 11) is 0. The second-order valence-electron chi connectivity index (χ2n) is 4.92. The van der Waals surface area contributed by atoms with E-state index >= 15 is 0 Å². The van der Waals surface area contributed by atoms with Crippen LogP contribution in [0.1, 0.15) is 24.3 Å². The fourth-order valence-corrected chi connectivity index (χ4v) is 2.54. The molecule has 0 saturated heterocycles. The Hall–Kier alpha value is -0.950. The molecule has 0 aliphatic heterocycles. The van der Waals surface area contributed by atoms with E-state index in [9.17, 15) is 0 Å². The third-order valence-electron chi connectivity index (χ3n) is 3.24. The van der Waals surface area contributed by atoms with Crippen LogP contribution in [0, 0.1) is 10.5 Å². The van der Waals surface area contributed by atoms with Gasteiger partial charge in [0.1, 0.15) is 0 Å². The Morgan fingerprint density at radius 1 is 1.37 bits per heavy atom. The maximum Gasteiger partial charge on any atom is 0.248 e. The molecule has 0 atom stereocenters. The number of aryl methyl sites for hydroxylation is 1. The van der Waals surface area contributed by atoms with Crippen molar-refractivity contribution < 1.29 is 4.42 Å². The molecule has 1 N–H and O–H groups in total. The average Bonchev–Trinajstić information content (AvgIpc) is 3.10. The molecular weight excluding hydrogens is 353 g/mol. The van der Waals surface area contributed by atoms with Crippen molar-refractivity contribution in [2.75, 3.05) is 6.54 Å². The van der Waals surface area contributed by atoms with Crippen LogP contribution in [-0.4, -0.2) is 22.8 Å². The van der Waals surface area contributed by atoms with Gasteiger partial charge in [0.2, 0.25) is 11.8 Å². The first-order chi connectivity index (χ1) is 9.24. The quantitative estimate of drug-likeness (QED) is 0.824. The molecule has 0 bridgehead atoms. The summed E-state index contributed by atoms with van der Waals surface area (Å²) in [6.45, 7) is 3.00. The predicted molar refractivity (Wildman–Crippen MR) is 81.9 cm³/mol. The van der Waals surface area contributed by atoms with Gasteiger partial charge in [0, 0.05) is 22.6 Å². The van der Waals surface area contributed by atoms with Crippen LogP contribution >= 0.6 is 22.6 Å². The van der Waals surface area contributed by atoms with E-state index in [2.05, 4.69) is 51.1 Å². The minimum atomic E-state index is 0.620. The molecule has 1 aromatic heterocycles. The third kappa shape index (κ3) is 3.14. The van der Waals surface area contributed by atoms with E-state index in [0.29, 0.717) is 11.8 Å². The first-order valence-corrected chi connectivity index (χ1v) is 7.63. The fourth-order valence-electron chi connectivity index (χ4n) is 1.95. The van der Waals surface area contributed by atoms with Crippen molar-refractivity contribution in [1.82, 2.24) is 15.5 Å². The number of nitrogens with one attached hydrogen (secondary N) is 1. The summed E-state index contributed by atoms with van der Waals surface area (Å²) in [6.07, 6.45) is 3.40. The van der Waals surface area contributed by atoms with Crippen LogP contribution in [0.15, 0.2) is 22.6 Å². The van der Waals surface area contributed by atoms with Gasteiger partial charge in [-0.25, -0.2) is 0 Å². The van der Waals surface area contributed by atoms with Gasteiger partial charge in [-0.3, -0.25) is 0 Å². The van der Waals surface area contributed by atoms with Crippen LogP contribution in [0.3, 0.4) is 0 Å². The summed E-state index contributed by atoms with van der Waals surface area (Å²) in [5.74, 6) is 1.33. The van der Waals surface area contributed by atoms with E-state index in [4.69, 9.17) is 4.42 Å². The van der Waals surface area contributed by atoms with E-state index in [-0.39, 0.29) is 0 Å². The van der Waals surface area contributed by atoms with Crippen LogP contribution in [-0.2, 0) is 6.42 Å². The lowest BCUT2D eigenvalue weighted by molar-refractivity contribution is 0.494. The van der Waals surface area contributed by atoms with Gasteiger partial charge in [0.15, 0.2) is 0 Å². The largest absolute Gasteiger partial charge is 0.421 e. The number of hydrogen-bond donors (Lipinski definition) is 1. The molecule has 1 aliphatic carbocycles. The Bertz CT molecular complexity index is 578. The minimum Gasteiger partial charge on any atom is -0.421 e. The fraction of sp³-hybridized carbons (Fsp3) is 0.429. The second-order valence-corrected chi connectivity index (χ2v) is 5.99. The molecule has 1 aromatic carbocycles. The Morgan fingerprint density at radius 2 is 2.21 bits per heavy atom. The van der Waals surface area contributed by atoms with Crippen LogP contribution in [0.4, 0.5) is 0 Å². The first-order valence-electron chi connectivity index (χ1n) is 6.55. The third-order valence-corrected chi connectivity index (χ3v) is 4.67. The lowest BCUT2D eigenvalue weighted by Gasteiger charge is -2.02. The van der Waals surface area contributed by atoms with Crippen molar-refractivity contribution in [3.05, 3.63) is 33.2 Å². The van der Waals surface area contributed by atoms with Crippen molar-refractivity contribution in [2.24, 2.45) is 0 Å². The van der Waals surface area contributed by atoms with Gasteiger partial charge in [0.25, 0.3) is 0 Å². The Morgan fingerprint density at radius 3 is 3.00 bits per heavy atom. The van der Waals surface area contributed by atoms with E-state index in [1.165, 1.54) is 22.0 Å². The molecule has 3 rings (SSSR count). The summed E-state index contributed by atoms with van der Waals surface area (Å²) in [4.78, 5) is 0. The van der Waals surface area contributed by atoms with Gasteiger partial charge in [-0.15, -0.1) is 10.2 Å². The van der Waals surface area contributed by atoms with Crippen LogP contribution < -0.4 is 5.32 Å². The monoisotopic (exact) mass is 369 g/mol. The van der Waals surface area contributed by atoms with Gasteiger partial charge in [-0.05, 0) is 54.0 Å². The van der Waals surface area contributed by atoms with E-state index in [1.54, 1.807) is 0 Å². The van der Waals surface area contributed by atoms with Crippen molar-refractivity contribution in [3.63, 3.8) is 0 Å². The average molecular weight is 369 g/mol. The van der Waals surface area contributed by atoms with Gasteiger partial charge < -0.3 is 9.73 Å². The Labute approximate surface area is 126 Å². The summed E-state index contributed by atoms with van der Waals surface area (Å²) >= 11 is 2.32. The van der Waals surface area contributed by atoms with Crippen molar-refractivity contribution in [1.29, 1.82) is 0 Å². The SMILES string of the molecule is Cc1cccc(-c2nnc(CCNC3CC3)o2)c1I. The number of hydrogen-bond acceptors (Lipinski definition) is 4. The smallest absolute Gasteiger partial charge is 0.248 e. The van der Waals surface area contributed by atoms with Crippen molar-refractivity contribution >= 4 is 22.6 Å². The highest BCUT2D eigenvalue weighted by Crippen LogP contribution is 2.26. The number of rotatable bonds is 5. The molecular formula is C14H16IN3O. The number of benzene rings is 1. The molecule has 100 valence electrons. The predicted octanol–water partition coefficient (Wildman–Crippen LogP) is 2.94. The van der Waals surface area contributed by atoms with Crippen LogP contribution in [0.5, 0.6) is 0 Å². The highest BCUT2D eigenvalue weighted by molar-refractivity contribution is 14.1. The van der Waals surface area contributed by atoms with E-state index < -0.39 is 0 Å². The summed E-state index contributed by atoms with van der Waals surface area (Å²) in [5.41, 5.74) is 2.25. The lowest BCUT2D eigenvalue weighted by atomic mass is 10.1. The molecule has 19 heavy (non-hydrogen) atoms. The Kier molecular flexibility index (Phi) is 3.83. The maximum absolute atomic E-state index is 5.74. The second kappa shape index (κ2) is 5.58. The summed E-state index contributed by atoms with van der Waals surface area (Å²) in [5, 5.41) is 11.7. The highest BCUT2D eigenvalue weighted by Gasteiger charge is 2.20. The summed E-state index contributed by atoms with van der Waals surface area (Å²) < 4.78 is 6.91. The molecule has 0 unspecified atom stereocenters. The molecule has 4 nitrogen and oxygen atoms in total. The normalized spacial score (nSPS) is 14.8. The van der Waals surface area contributed by atoms with Crippen LogP contribution in [0.25, 0.3) is 11.5 Å². The zero-order valence-corrected chi connectivity index (χ0v) is 13.0. The number of halogens is 1. The number of aromatic nitrogens is 2. The van der Waals surface area contributed by atoms with E-state index in [0.717, 1.165) is 24.6 Å². The van der Waals surface area contributed by atoms with Gasteiger partial charge in [-0.1, -0.05) is 12.1 Å². The highest BCUT2D eigenvalue weighted by atomic mass is 127. The molecule has 0 amide bonds. The molecule has 2 aromatic rings. The molecule has 1 heterocycles. The zero-order chi connectivity index (χ0) is 13.2. The van der Waals surface area contributed by atoms with Crippen LogP contribution in [0.2, 0.25) is 0 Å². The molecule has 0 spiro atoms. The topological polar surface area (TPSA) is 51.0 Å². The standard InChI is InChI=1S/C14H16IN3O/c1-9-3-2-4-11(13(9)15)14-18-17-12(19-14)7-8-16-10-5-6-10/h2-4,10,16H,5-8H2,1H3. The maximum atomic E-state index is 5.74. The Balaban J connectivity index is 1.70. The van der Waals surface area contributed by atoms with Gasteiger partial charge in [0.05, 0.1) is 5.56 Å². The lowest BCUT2D eigenvalue weighted by Crippen LogP contribution is -2.19. The van der Waals surface area contributed by atoms with Gasteiger partial charge in [-0.2, -0.15) is 0 Å².